The number of fused-ring (bicyclic) bond motifs is 1. The summed E-state index contributed by atoms with van der Waals surface area (Å²) in [6.07, 6.45) is 1.26. The van der Waals surface area contributed by atoms with Gasteiger partial charge in [0.1, 0.15) is 18.1 Å². The largest absolute Gasteiger partial charge is 0.491 e. The molecule has 3 nitrogen and oxygen atoms in total. The molecule has 2 atom stereocenters. The van der Waals surface area contributed by atoms with Crippen molar-refractivity contribution in [2.24, 2.45) is 0 Å². The molecular formula is C14H21NO2. The van der Waals surface area contributed by atoms with Crippen molar-refractivity contribution >= 4 is 0 Å². The summed E-state index contributed by atoms with van der Waals surface area (Å²) in [5.41, 5.74) is 1.24. The second kappa shape index (κ2) is 5.41. The third kappa shape index (κ3) is 2.72. The van der Waals surface area contributed by atoms with E-state index in [2.05, 4.69) is 32.2 Å². The van der Waals surface area contributed by atoms with Gasteiger partial charge in [-0.25, -0.2) is 0 Å². The number of ether oxygens (including phenoxy) is 2. The topological polar surface area (TPSA) is 30.5 Å². The van der Waals surface area contributed by atoms with E-state index in [-0.39, 0.29) is 6.10 Å². The Kier molecular flexibility index (Phi) is 3.89. The molecule has 3 heteroatoms. The van der Waals surface area contributed by atoms with Crippen LogP contribution in [0.4, 0.5) is 0 Å². The standard InChI is InChI=1S/C14H21NO2/c1-4-10(3)17-11-6-7-12-13(15-5-2)9-16-14(12)8-11/h6-8,10,13,15H,4-5,9H2,1-3H3. The SMILES string of the molecule is CCNC1COc2cc(OC(C)CC)ccc21. The number of rotatable bonds is 5. The lowest BCUT2D eigenvalue weighted by molar-refractivity contribution is 0.216. The second-order valence-corrected chi connectivity index (χ2v) is 4.46. The molecule has 17 heavy (non-hydrogen) atoms. The first-order chi connectivity index (χ1) is 8.24. The molecule has 2 unspecified atom stereocenters. The summed E-state index contributed by atoms with van der Waals surface area (Å²) < 4.78 is 11.5. The number of hydrogen-bond acceptors (Lipinski definition) is 3. The summed E-state index contributed by atoms with van der Waals surface area (Å²) in [5.74, 6) is 1.85. The van der Waals surface area contributed by atoms with E-state index >= 15 is 0 Å². The van der Waals surface area contributed by atoms with Gasteiger partial charge in [0, 0.05) is 11.6 Å². The Morgan fingerprint density at radius 2 is 2.29 bits per heavy atom. The van der Waals surface area contributed by atoms with Crippen LogP contribution in [-0.2, 0) is 0 Å². The second-order valence-electron chi connectivity index (χ2n) is 4.46. The van der Waals surface area contributed by atoms with E-state index in [1.54, 1.807) is 0 Å². The molecule has 0 bridgehead atoms. The minimum atomic E-state index is 0.249. The molecule has 0 amide bonds. The molecule has 1 aromatic rings. The van der Waals surface area contributed by atoms with Crippen LogP contribution in [0.5, 0.6) is 11.5 Å². The van der Waals surface area contributed by atoms with Gasteiger partial charge >= 0.3 is 0 Å². The number of nitrogens with one attached hydrogen (secondary N) is 1. The molecule has 0 spiro atoms. The van der Waals surface area contributed by atoms with Crippen molar-refractivity contribution in [3.05, 3.63) is 23.8 Å². The number of likely N-dealkylation sites (N-methyl/N-ethyl adjacent to an activating group) is 1. The first kappa shape index (κ1) is 12.2. The van der Waals surface area contributed by atoms with Gasteiger partial charge in [0.25, 0.3) is 0 Å². The molecule has 0 aromatic heterocycles. The highest BCUT2D eigenvalue weighted by atomic mass is 16.5. The van der Waals surface area contributed by atoms with E-state index in [9.17, 15) is 0 Å². The van der Waals surface area contributed by atoms with Gasteiger partial charge in [-0.2, -0.15) is 0 Å². The lowest BCUT2D eigenvalue weighted by Gasteiger charge is -2.13. The average molecular weight is 235 g/mol. The molecule has 1 aliphatic heterocycles. The Labute approximate surface area is 103 Å². The van der Waals surface area contributed by atoms with Crippen molar-refractivity contribution in [1.82, 2.24) is 5.32 Å². The fourth-order valence-corrected chi connectivity index (χ4v) is 1.99. The van der Waals surface area contributed by atoms with Gasteiger partial charge in [-0.3, -0.25) is 0 Å². The highest BCUT2D eigenvalue weighted by molar-refractivity contribution is 5.45. The molecule has 0 saturated heterocycles. The lowest BCUT2D eigenvalue weighted by atomic mass is 10.1. The molecule has 1 heterocycles. The molecule has 2 rings (SSSR count). The van der Waals surface area contributed by atoms with E-state index in [0.717, 1.165) is 31.1 Å². The third-order valence-electron chi connectivity index (χ3n) is 3.13. The fourth-order valence-electron chi connectivity index (χ4n) is 1.99. The number of benzene rings is 1. The number of hydrogen-bond donors (Lipinski definition) is 1. The molecule has 1 aliphatic rings. The predicted molar refractivity (Wildman–Crippen MR) is 68.7 cm³/mol. The van der Waals surface area contributed by atoms with Crippen LogP contribution in [0.1, 0.15) is 38.8 Å². The average Bonchev–Trinajstić information content (AvgIpc) is 2.72. The summed E-state index contributed by atoms with van der Waals surface area (Å²) >= 11 is 0. The van der Waals surface area contributed by atoms with Crippen molar-refractivity contribution in [1.29, 1.82) is 0 Å². The first-order valence-corrected chi connectivity index (χ1v) is 6.41. The molecule has 94 valence electrons. The van der Waals surface area contributed by atoms with Gasteiger partial charge in [0.05, 0.1) is 12.1 Å². The minimum absolute atomic E-state index is 0.249. The molecular weight excluding hydrogens is 214 g/mol. The van der Waals surface area contributed by atoms with E-state index in [1.807, 2.05) is 12.1 Å². The van der Waals surface area contributed by atoms with Gasteiger partial charge in [-0.15, -0.1) is 0 Å². The van der Waals surface area contributed by atoms with Crippen molar-refractivity contribution in [3.63, 3.8) is 0 Å². The van der Waals surface area contributed by atoms with Crippen molar-refractivity contribution in [2.75, 3.05) is 13.2 Å². The van der Waals surface area contributed by atoms with Gasteiger partial charge in [0.2, 0.25) is 0 Å². The normalized spacial score (nSPS) is 19.6. The smallest absolute Gasteiger partial charge is 0.128 e. The van der Waals surface area contributed by atoms with Crippen LogP contribution in [-0.4, -0.2) is 19.3 Å². The Morgan fingerprint density at radius 1 is 1.47 bits per heavy atom. The summed E-state index contributed by atoms with van der Waals surface area (Å²) in [6.45, 7) is 7.98. The summed E-state index contributed by atoms with van der Waals surface area (Å²) in [6, 6.07) is 6.46. The first-order valence-electron chi connectivity index (χ1n) is 6.41. The van der Waals surface area contributed by atoms with Crippen LogP contribution in [0.2, 0.25) is 0 Å². The zero-order valence-corrected chi connectivity index (χ0v) is 10.8. The summed E-state index contributed by atoms with van der Waals surface area (Å²) in [5, 5.41) is 3.41. The van der Waals surface area contributed by atoms with Crippen LogP contribution in [0.15, 0.2) is 18.2 Å². The summed E-state index contributed by atoms with van der Waals surface area (Å²) in [7, 11) is 0. The van der Waals surface area contributed by atoms with Crippen molar-refractivity contribution in [3.8, 4) is 11.5 Å². The molecule has 0 radical (unpaired) electrons. The van der Waals surface area contributed by atoms with E-state index < -0.39 is 0 Å². The molecule has 0 saturated carbocycles. The zero-order valence-electron chi connectivity index (χ0n) is 10.8. The highest BCUT2D eigenvalue weighted by Crippen LogP contribution is 2.35. The quantitative estimate of drug-likeness (QED) is 0.851. The van der Waals surface area contributed by atoms with Gasteiger partial charge in [0.15, 0.2) is 0 Å². The third-order valence-corrected chi connectivity index (χ3v) is 3.13. The van der Waals surface area contributed by atoms with Crippen molar-refractivity contribution < 1.29 is 9.47 Å². The predicted octanol–water partition coefficient (Wildman–Crippen LogP) is 2.91. The van der Waals surface area contributed by atoms with Crippen LogP contribution >= 0.6 is 0 Å². The summed E-state index contributed by atoms with van der Waals surface area (Å²) in [4.78, 5) is 0. The maximum absolute atomic E-state index is 5.78. The Bertz CT molecular complexity index is 378. The van der Waals surface area contributed by atoms with Crippen molar-refractivity contribution in [2.45, 2.75) is 39.3 Å². The Balaban J connectivity index is 2.11. The maximum Gasteiger partial charge on any atom is 0.128 e. The van der Waals surface area contributed by atoms with E-state index in [1.165, 1.54) is 5.56 Å². The molecule has 0 aliphatic carbocycles. The van der Waals surface area contributed by atoms with Gasteiger partial charge in [-0.1, -0.05) is 13.8 Å². The van der Waals surface area contributed by atoms with E-state index in [4.69, 9.17) is 9.47 Å². The Hall–Kier alpha value is -1.22. The molecule has 0 fully saturated rings. The van der Waals surface area contributed by atoms with E-state index in [0.29, 0.717) is 6.04 Å². The van der Waals surface area contributed by atoms with Gasteiger partial charge < -0.3 is 14.8 Å². The monoisotopic (exact) mass is 235 g/mol. The van der Waals surface area contributed by atoms with Gasteiger partial charge in [-0.05, 0) is 32.0 Å². The van der Waals surface area contributed by atoms with Crippen LogP contribution in [0.25, 0.3) is 0 Å². The Morgan fingerprint density at radius 3 is 3.00 bits per heavy atom. The van der Waals surface area contributed by atoms with Crippen LogP contribution < -0.4 is 14.8 Å². The highest BCUT2D eigenvalue weighted by Gasteiger charge is 2.23. The lowest BCUT2D eigenvalue weighted by Crippen LogP contribution is -2.21. The fraction of sp³-hybridized carbons (Fsp3) is 0.571. The van der Waals surface area contributed by atoms with Crippen LogP contribution in [0.3, 0.4) is 0 Å². The minimum Gasteiger partial charge on any atom is -0.491 e. The van der Waals surface area contributed by atoms with Crippen LogP contribution in [0, 0.1) is 0 Å². The zero-order chi connectivity index (χ0) is 12.3. The maximum atomic E-state index is 5.78. The molecule has 1 aromatic carbocycles. The molecule has 1 N–H and O–H groups in total.